The number of carbonyl (C=O) groups excluding carboxylic acids is 1. The molecule has 5 heteroatoms. The number of hydrogen-bond donors (Lipinski definition) is 2. The number of hydrogen-bond acceptors (Lipinski definition) is 3. The van der Waals surface area contributed by atoms with Crippen LogP contribution in [0.25, 0.3) is 0 Å². The Kier molecular flexibility index (Phi) is 3.16. The monoisotopic (exact) mass is 284 g/mol. The van der Waals surface area contributed by atoms with E-state index in [4.69, 9.17) is 10.8 Å². The summed E-state index contributed by atoms with van der Waals surface area (Å²) in [6, 6.07) is 5.18. The van der Waals surface area contributed by atoms with Crippen LogP contribution in [-0.2, 0) is 0 Å². The zero-order valence-corrected chi connectivity index (χ0v) is 10.3. The molecule has 0 saturated carbocycles. The van der Waals surface area contributed by atoms with Gasteiger partial charge in [0.1, 0.15) is 0 Å². The predicted octanol–water partition coefficient (Wildman–Crippen LogP) is 1.10. The normalized spacial score (nSPS) is 16.0. The van der Waals surface area contributed by atoms with Gasteiger partial charge in [-0.3, -0.25) is 4.79 Å². The number of rotatable bonds is 2. The number of halogens is 1. The minimum Gasteiger partial charge on any atom is -0.399 e. The van der Waals surface area contributed by atoms with Crippen molar-refractivity contribution in [2.45, 2.75) is 0 Å². The molecule has 0 aromatic heterocycles. The Morgan fingerprint density at radius 2 is 2.25 bits per heavy atom. The van der Waals surface area contributed by atoms with Gasteiger partial charge in [-0.05, 0) is 34.1 Å². The van der Waals surface area contributed by atoms with Gasteiger partial charge >= 0.3 is 0 Å². The first-order chi connectivity index (χ1) is 7.61. The van der Waals surface area contributed by atoms with E-state index in [1.165, 1.54) is 0 Å². The van der Waals surface area contributed by atoms with Crippen molar-refractivity contribution < 1.29 is 9.90 Å². The Morgan fingerprint density at radius 3 is 2.88 bits per heavy atom. The van der Waals surface area contributed by atoms with E-state index in [-0.39, 0.29) is 18.4 Å². The third-order valence-electron chi connectivity index (χ3n) is 2.72. The first-order valence-electron chi connectivity index (χ1n) is 5.07. The number of amides is 1. The molecule has 86 valence electrons. The number of anilines is 1. The molecule has 0 spiro atoms. The van der Waals surface area contributed by atoms with Crippen LogP contribution >= 0.6 is 15.9 Å². The smallest absolute Gasteiger partial charge is 0.255 e. The molecule has 0 radical (unpaired) electrons. The van der Waals surface area contributed by atoms with E-state index in [1.807, 2.05) is 0 Å². The third-order valence-corrected chi connectivity index (χ3v) is 3.41. The SMILES string of the molecule is Nc1ccc(Br)c(C(=O)N2CC(CO)C2)c1. The van der Waals surface area contributed by atoms with Gasteiger partial charge in [-0.2, -0.15) is 0 Å². The van der Waals surface area contributed by atoms with Gasteiger partial charge in [0.05, 0.1) is 5.56 Å². The lowest BCUT2D eigenvalue weighted by Gasteiger charge is -2.38. The van der Waals surface area contributed by atoms with Crippen molar-refractivity contribution in [1.82, 2.24) is 4.90 Å². The van der Waals surface area contributed by atoms with Crippen molar-refractivity contribution in [1.29, 1.82) is 0 Å². The minimum absolute atomic E-state index is 0.0381. The van der Waals surface area contributed by atoms with Gasteiger partial charge in [-0.15, -0.1) is 0 Å². The quantitative estimate of drug-likeness (QED) is 0.799. The Hall–Kier alpha value is -1.07. The molecule has 1 heterocycles. The van der Waals surface area contributed by atoms with Crippen molar-refractivity contribution in [2.24, 2.45) is 5.92 Å². The van der Waals surface area contributed by atoms with E-state index in [2.05, 4.69) is 15.9 Å². The Balaban J connectivity index is 2.13. The number of likely N-dealkylation sites (tertiary alicyclic amines) is 1. The Morgan fingerprint density at radius 1 is 1.56 bits per heavy atom. The lowest BCUT2D eigenvalue weighted by molar-refractivity contribution is 0.0361. The summed E-state index contributed by atoms with van der Waals surface area (Å²) in [6.45, 7) is 1.38. The number of benzene rings is 1. The fourth-order valence-corrected chi connectivity index (χ4v) is 2.14. The molecule has 0 bridgehead atoms. The molecule has 0 atom stereocenters. The standard InChI is InChI=1S/C11H13BrN2O2/c12-10-2-1-8(13)3-9(10)11(16)14-4-7(5-14)6-15/h1-3,7,15H,4-6,13H2. The highest BCUT2D eigenvalue weighted by Gasteiger charge is 2.31. The highest BCUT2D eigenvalue weighted by molar-refractivity contribution is 9.10. The number of nitrogens with two attached hydrogens (primary N) is 1. The maximum absolute atomic E-state index is 12.0. The number of nitrogen functional groups attached to an aromatic ring is 1. The Bertz CT molecular complexity index is 416. The summed E-state index contributed by atoms with van der Waals surface area (Å²) in [7, 11) is 0. The van der Waals surface area contributed by atoms with Crippen molar-refractivity contribution in [3.05, 3.63) is 28.2 Å². The van der Waals surface area contributed by atoms with Gasteiger partial charge in [0, 0.05) is 35.8 Å². The highest BCUT2D eigenvalue weighted by Crippen LogP contribution is 2.24. The number of carbonyl (C=O) groups is 1. The van der Waals surface area contributed by atoms with Gasteiger partial charge < -0.3 is 15.7 Å². The van der Waals surface area contributed by atoms with Gasteiger partial charge in [-0.1, -0.05) is 0 Å². The van der Waals surface area contributed by atoms with Crippen molar-refractivity contribution in [3.8, 4) is 0 Å². The van der Waals surface area contributed by atoms with E-state index < -0.39 is 0 Å². The lowest BCUT2D eigenvalue weighted by Crippen LogP contribution is -2.51. The maximum atomic E-state index is 12.0. The van der Waals surface area contributed by atoms with Crippen LogP contribution in [0, 0.1) is 5.92 Å². The fraction of sp³-hybridized carbons (Fsp3) is 0.364. The highest BCUT2D eigenvalue weighted by atomic mass is 79.9. The summed E-state index contributed by atoms with van der Waals surface area (Å²) >= 11 is 3.33. The van der Waals surface area contributed by atoms with Gasteiger partial charge in [0.25, 0.3) is 5.91 Å². The maximum Gasteiger partial charge on any atom is 0.255 e. The fourth-order valence-electron chi connectivity index (χ4n) is 1.73. The van der Waals surface area contributed by atoms with Crippen LogP contribution in [0.1, 0.15) is 10.4 Å². The zero-order chi connectivity index (χ0) is 11.7. The molecule has 1 saturated heterocycles. The number of nitrogens with zero attached hydrogens (tertiary/aromatic N) is 1. The van der Waals surface area contributed by atoms with Crippen LogP contribution in [0.5, 0.6) is 0 Å². The summed E-state index contributed by atoms with van der Waals surface area (Å²) < 4.78 is 0.749. The molecule has 3 N–H and O–H groups in total. The first kappa shape index (κ1) is 11.4. The molecule has 0 aliphatic carbocycles. The lowest BCUT2D eigenvalue weighted by atomic mass is 10.00. The first-order valence-corrected chi connectivity index (χ1v) is 5.86. The van der Waals surface area contributed by atoms with E-state index in [1.54, 1.807) is 23.1 Å². The molecular formula is C11H13BrN2O2. The second-order valence-corrected chi connectivity index (χ2v) is 4.85. The van der Waals surface area contributed by atoms with Crippen molar-refractivity contribution in [2.75, 3.05) is 25.4 Å². The number of aliphatic hydroxyl groups is 1. The molecule has 1 fully saturated rings. The predicted molar refractivity (Wildman–Crippen MR) is 65.0 cm³/mol. The van der Waals surface area contributed by atoms with Crippen LogP contribution in [0.2, 0.25) is 0 Å². The molecule has 4 nitrogen and oxygen atoms in total. The van der Waals surface area contributed by atoms with Crippen molar-refractivity contribution >= 4 is 27.5 Å². The summed E-state index contributed by atoms with van der Waals surface area (Å²) in [5, 5.41) is 8.89. The second kappa shape index (κ2) is 4.43. The summed E-state index contributed by atoms with van der Waals surface area (Å²) in [5.41, 5.74) is 6.80. The van der Waals surface area contributed by atoms with E-state index in [0.29, 0.717) is 24.3 Å². The third kappa shape index (κ3) is 2.05. The van der Waals surface area contributed by atoms with E-state index in [9.17, 15) is 4.79 Å². The average Bonchev–Trinajstić information content (AvgIpc) is 2.20. The van der Waals surface area contributed by atoms with Crippen LogP contribution in [-0.4, -0.2) is 35.6 Å². The molecule has 1 aliphatic heterocycles. The summed E-state index contributed by atoms with van der Waals surface area (Å²) in [6.07, 6.45) is 0. The number of aliphatic hydroxyl groups excluding tert-OH is 1. The van der Waals surface area contributed by atoms with E-state index in [0.717, 1.165) is 4.47 Å². The molecule has 1 aliphatic rings. The van der Waals surface area contributed by atoms with Crippen LogP contribution in [0.3, 0.4) is 0 Å². The van der Waals surface area contributed by atoms with Gasteiger partial charge in [0.15, 0.2) is 0 Å². The molecule has 1 amide bonds. The minimum atomic E-state index is -0.0381. The molecule has 16 heavy (non-hydrogen) atoms. The molecule has 2 rings (SSSR count). The summed E-state index contributed by atoms with van der Waals surface area (Å²) in [5.74, 6) is 0.188. The van der Waals surface area contributed by atoms with E-state index >= 15 is 0 Å². The van der Waals surface area contributed by atoms with Crippen LogP contribution in [0.4, 0.5) is 5.69 Å². The van der Waals surface area contributed by atoms with Crippen molar-refractivity contribution in [3.63, 3.8) is 0 Å². The van der Waals surface area contributed by atoms with Gasteiger partial charge in [0.2, 0.25) is 0 Å². The van der Waals surface area contributed by atoms with Crippen LogP contribution in [0.15, 0.2) is 22.7 Å². The van der Waals surface area contributed by atoms with Gasteiger partial charge in [-0.25, -0.2) is 0 Å². The second-order valence-electron chi connectivity index (χ2n) is 4.00. The summed E-state index contributed by atoms with van der Waals surface area (Å²) in [4.78, 5) is 13.7. The Labute approximate surface area is 102 Å². The van der Waals surface area contributed by atoms with Crippen LogP contribution < -0.4 is 5.73 Å². The molecule has 0 unspecified atom stereocenters. The molecule has 1 aromatic rings. The largest absolute Gasteiger partial charge is 0.399 e. The zero-order valence-electron chi connectivity index (χ0n) is 8.69. The molecular weight excluding hydrogens is 272 g/mol. The molecule has 1 aromatic carbocycles. The average molecular weight is 285 g/mol. The topological polar surface area (TPSA) is 66.6 Å².